The fourth-order valence-electron chi connectivity index (χ4n) is 3.79. The van der Waals surface area contributed by atoms with Crippen LogP contribution >= 0.6 is 0 Å². The summed E-state index contributed by atoms with van der Waals surface area (Å²) in [6.45, 7) is 3.77. The average molecular weight is 217 g/mol. The molecule has 0 N–H and O–H groups in total. The van der Waals surface area contributed by atoms with Gasteiger partial charge in [-0.05, 0) is 18.8 Å². The van der Waals surface area contributed by atoms with Gasteiger partial charge < -0.3 is 0 Å². The van der Waals surface area contributed by atoms with Gasteiger partial charge in [-0.15, -0.1) is 6.58 Å². The van der Waals surface area contributed by atoms with Crippen LogP contribution in [0.25, 0.3) is 0 Å². The van der Waals surface area contributed by atoms with E-state index in [-0.39, 0.29) is 35.0 Å². The Balaban J connectivity index is 2.07. The summed E-state index contributed by atoms with van der Waals surface area (Å²) in [5.41, 5.74) is -0.116. The molecule has 4 atom stereocenters. The van der Waals surface area contributed by atoms with Crippen LogP contribution in [0.15, 0.2) is 24.8 Å². The Morgan fingerprint density at radius 3 is 3.00 bits per heavy atom. The number of fused-ring (bicyclic) bond motifs is 5. The molecule has 2 bridgehead atoms. The molecule has 0 spiro atoms. The first-order valence-corrected chi connectivity index (χ1v) is 5.72. The summed E-state index contributed by atoms with van der Waals surface area (Å²) in [4.78, 5) is 25.4. The van der Waals surface area contributed by atoms with Gasteiger partial charge in [0.2, 0.25) is 11.8 Å². The number of rotatable bonds is 2. The first-order valence-electron chi connectivity index (χ1n) is 5.72. The number of likely N-dealkylation sites (tertiary alicyclic amines) is 1. The van der Waals surface area contributed by atoms with Crippen molar-refractivity contribution in [3.8, 4) is 0 Å². The molecular weight excluding hydrogens is 202 g/mol. The Bertz CT molecular complexity index is 426. The van der Waals surface area contributed by atoms with E-state index in [1.807, 2.05) is 6.08 Å². The van der Waals surface area contributed by atoms with Gasteiger partial charge in [0.25, 0.3) is 0 Å². The van der Waals surface area contributed by atoms with Crippen LogP contribution in [-0.4, -0.2) is 23.8 Å². The highest BCUT2D eigenvalue weighted by molar-refractivity contribution is 6.06. The molecule has 3 aliphatic rings. The highest BCUT2D eigenvalue weighted by Crippen LogP contribution is 2.61. The zero-order valence-corrected chi connectivity index (χ0v) is 9.35. The lowest BCUT2D eigenvalue weighted by Gasteiger charge is -2.29. The Morgan fingerprint density at radius 2 is 2.31 bits per heavy atom. The largest absolute Gasteiger partial charge is 0.285 e. The van der Waals surface area contributed by atoms with E-state index >= 15 is 0 Å². The van der Waals surface area contributed by atoms with Crippen LogP contribution in [0.4, 0.5) is 0 Å². The molecule has 16 heavy (non-hydrogen) atoms. The van der Waals surface area contributed by atoms with E-state index in [9.17, 15) is 9.59 Å². The number of nitrogens with zero attached hydrogens (tertiary/aromatic N) is 1. The minimum absolute atomic E-state index is 0.00343. The van der Waals surface area contributed by atoms with Crippen molar-refractivity contribution in [2.75, 3.05) is 7.05 Å². The highest BCUT2D eigenvalue weighted by Gasteiger charge is 2.64. The van der Waals surface area contributed by atoms with Crippen molar-refractivity contribution < 1.29 is 9.59 Å². The monoisotopic (exact) mass is 217 g/mol. The van der Waals surface area contributed by atoms with Crippen LogP contribution in [0.1, 0.15) is 12.8 Å². The molecule has 4 unspecified atom stereocenters. The lowest BCUT2D eigenvalue weighted by atomic mass is 9.73. The molecule has 3 nitrogen and oxygen atoms in total. The van der Waals surface area contributed by atoms with E-state index in [1.165, 1.54) is 4.90 Å². The van der Waals surface area contributed by atoms with Gasteiger partial charge >= 0.3 is 0 Å². The second-order valence-corrected chi connectivity index (χ2v) is 5.19. The molecule has 3 heteroatoms. The number of allylic oxidation sites excluding steroid dienone is 3. The van der Waals surface area contributed by atoms with Crippen molar-refractivity contribution >= 4 is 11.8 Å². The molecule has 1 aliphatic heterocycles. The maximum atomic E-state index is 12.1. The molecule has 3 rings (SSSR count). The zero-order valence-electron chi connectivity index (χ0n) is 9.35. The summed E-state index contributed by atoms with van der Waals surface area (Å²) in [5, 5.41) is 0. The first-order chi connectivity index (χ1) is 7.60. The summed E-state index contributed by atoms with van der Waals surface area (Å²) >= 11 is 0. The van der Waals surface area contributed by atoms with Crippen LogP contribution in [0.5, 0.6) is 0 Å². The number of imide groups is 1. The molecule has 0 aromatic rings. The van der Waals surface area contributed by atoms with Gasteiger partial charge in [-0.3, -0.25) is 14.5 Å². The van der Waals surface area contributed by atoms with Crippen molar-refractivity contribution in [2.45, 2.75) is 12.8 Å². The Kier molecular flexibility index (Phi) is 1.74. The average Bonchev–Trinajstić information content (AvgIpc) is 2.86. The van der Waals surface area contributed by atoms with E-state index in [4.69, 9.17) is 0 Å². The SMILES string of the molecule is C=CCC12C=CC(C1)C1C(=O)N(C)C(=O)C12. The third kappa shape index (κ3) is 0.896. The molecule has 1 saturated carbocycles. The van der Waals surface area contributed by atoms with E-state index in [2.05, 4.69) is 18.7 Å². The lowest BCUT2D eigenvalue weighted by Crippen LogP contribution is -2.33. The maximum absolute atomic E-state index is 12.1. The van der Waals surface area contributed by atoms with Crippen LogP contribution in [0, 0.1) is 23.2 Å². The molecule has 2 aliphatic carbocycles. The van der Waals surface area contributed by atoms with Crippen LogP contribution in [0.3, 0.4) is 0 Å². The van der Waals surface area contributed by atoms with E-state index in [0.717, 1.165) is 12.8 Å². The van der Waals surface area contributed by atoms with Crippen LogP contribution in [-0.2, 0) is 9.59 Å². The quantitative estimate of drug-likeness (QED) is 0.517. The predicted molar refractivity (Wildman–Crippen MR) is 59.3 cm³/mol. The summed E-state index contributed by atoms with van der Waals surface area (Å²) in [6.07, 6.45) is 7.87. The molecule has 1 saturated heterocycles. The zero-order chi connectivity index (χ0) is 11.5. The molecule has 0 radical (unpaired) electrons. The number of hydrogen-bond donors (Lipinski definition) is 0. The Labute approximate surface area is 94.8 Å². The first kappa shape index (κ1) is 9.82. The van der Waals surface area contributed by atoms with Gasteiger partial charge in [-0.25, -0.2) is 0 Å². The van der Waals surface area contributed by atoms with Crippen molar-refractivity contribution in [1.29, 1.82) is 0 Å². The van der Waals surface area contributed by atoms with Gasteiger partial charge in [-0.2, -0.15) is 0 Å². The molecule has 84 valence electrons. The van der Waals surface area contributed by atoms with Gasteiger partial charge in [0.05, 0.1) is 11.8 Å². The Morgan fingerprint density at radius 1 is 1.56 bits per heavy atom. The molecule has 1 heterocycles. The van der Waals surface area contributed by atoms with Crippen molar-refractivity contribution in [1.82, 2.24) is 4.90 Å². The minimum Gasteiger partial charge on any atom is -0.285 e. The topological polar surface area (TPSA) is 37.4 Å². The third-order valence-electron chi connectivity index (χ3n) is 4.47. The third-order valence-corrected chi connectivity index (χ3v) is 4.47. The van der Waals surface area contributed by atoms with E-state index in [0.29, 0.717) is 0 Å². The second kappa shape index (κ2) is 2.84. The van der Waals surface area contributed by atoms with Gasteiger partial charge in [0, 0.05) is 12.5 Å². The molecule has 2 fully saturated rings. The maximum Gasteiger partial charge on any atom is 0.233 e. The summed E-state index contributed by atoms with van der Waals surface area (Å²) in [7, 11) is 1.60. The lowest BCUT2D eigenvalue weighted by molar-refractivity contribution is -0.139. The summed E-state index contributed by atoms with van der Waals surface area (Å²) in [5.74, 6) is 0.0609. The van der Waals surface area contributed by atoms with Crippen molar-refractivity contribution in [2.24, 2.45) is 23.2 Å². The number of carbonyl (C=O) groups is 2. The standard InChI is InChI=1S/C13H15NO2/c1-3-5-13-6-4-8(7-13)9-10(13)12(16)14(2)11(9)15/h3-4,6,8-10H,1,5,7H2,2H3. The van der Waals surface area contributed by atoms with E-state index in [1.54, 1.807) is 7.05 Å². The highest BCUT2D eigenvalue weighted by atomic mass is 16.2. The second-order valence-electron chi connectivity index (χ2n) is 5.19. The van der Waals surface area contributed by atoms with Crippen molar-refractivity contribution in [3.05, 3.63) is 24.8 Å². The normalized spacial score (nSPS) is 44.3. The summed E-state index contributed by atoms with van der Waals surface area (Å²) in [6, 6.07) is 0. The van der Waals surface area contributed by atoms with Crippen LogP contribution in [0.2, 0.25) is 0 Å². The van der Waals surface area contributed by atoms with Gasteiger partial charge in [-0.1, -0.05) is 18.2 Å². The number of hydrogen-bond acceptors (Lipinski definition) is 2. The molecule has 0 aromatic heterocycles. The number of carbonyl (C=O) groups excluding carboxylic acids is 2. The number of amides is 2. The Hall–Kier alpha value is -1.38. The fourth-order valence-corrected chi connectivity index (χ4v) is 3.79. The smallest absolute Gasteiger partial charge is 0.233 e. The molecule has 0 aromatic carbocycles. The minimum atomic E-state index is -0.127. The predicted octanol–water partition coefficient (Wildman–Crippen LogP) is 1.37. The van der Waals surface area contributed by atoms with Gasteiger partial charge in [0.1, 0.15) is 0 Å². The fraction of sp³-hybridized carbons (Fsp3) is 0.538. The van der Waals surface area contributed by atoms with Crippen molar-refractivity contribution in [3.63, 3.8) is 0 Å². The van der Waals surface area contributed by atoms with E-state index < -0.39 is 0 Å². The summed E-state index contributed by atoms with van der Waals surface area (Å²) < 4.78 is 0. The van der Waals surface area contributed by atoms with Gasteiger partial charge in [0.15, 0.2) is 0 Å². The molecule has 2 amide bonds. The molecular formula is C13H15NO2. The van der Waals surface area contributed by atoms with Crippen LogP contribution < -0.4 is 0 Å².